The second-order valence-corrected chi connectivity index (χ2v) is 7.28. The van der Waals surface area contributed by atoms with Crippen molar-refractivity contribution in [1.82, 2.24) is 24.3 Å². The minimum absolute atomic E-state index is 0.0351. The topological polar surface area (TPSA) is 98.9 Å². The third-order valence-corrected chi connectivity index (χ3v) is 5.11. The van der Waals surface area contributed by atoms with Crippen molar-refractivity contribution in [3.8, 4) is 5.82 Å². The lowest BCUT2D eigenvalue weighted by molar-refractivity contribution is 0.541. The standard InChI is InChI=1S/C16H16FN5O3S/c1-12-11-13(3-4-14(12)17)26(24,25)19-8-10-22-16(23)6-5-15(20-22)21-9-2-7-18-21/h2-7,9,11,19H,8,10H2,1H3. The van der Waals surface area contributed by atoms with Crippen LogP contribution >= 0.6 is 0 Å². The molecule has 0 aliphatic heterocycles. The highest BCUT2D eigenvalue weighted by atomic mass is 32.2. The maximum Gasteiger partial charge on any atom is 0.266 e. The quantitative estimate of drug-likeness (QED) is 0.687. The maximum absolute atomic E-state index is 13.3. The van der Waals surface area contributed by atoms with E-state index in [1.165, 1.54) is 35.9 Å². The third kappa shape index (κ3) is 3.86. The van der Waals surface area contributed by atoms with Crippen molar-refractivity contribution in [3.05, 3.63) is 70.5 Å². The molecule has 0 fully saturated rings. The molecule has 0 aliphatic carbocycles. The van der Waals surface area contributed by atoms with Crippen LogP contribution in [0.2, 0.25) is 0 Å². The van der Waals surface area contributed by atoms with Crippen LogP contribution in [0.15, 0.2) is 58.5 Å². The molecule has 2 heterocycles. The maximum atomic E-state index is 13.3. The van der Waals surface area contributed by atoms with Gasteiger partial charge in [-0.25, -0.2) is 26.9 Å². The summed E-state index contributed by atoms with van der Waals surface area (Å²) in [5.41, 5.74) is -0.129. The van der Waals surface area contributed by atoms with Gasteiger partial charge < -0.3 is 0 Å². The van der Waals surface area contributed by atoms with Crippen molar-refractivity contribution >= 4 is 10.0 Å². The van der Waals surface area contributed by atoms with Crippen LogP contribution in [0.5, 0.6) is 0 Å². The second kappa shape index (κ2) is 7.18. The van der Waals surface area contributed by atoms with Crippen LogP contribution in [-0.4, -0.2) is 34.5 Å². The number of hydrogen-bond acceptors (Lipinski definition) is 5. The first-order valence-corrected chi connectivity index (χ1v) is 9.19. The van der Waals surface area contributed by atoms with Gasteiger partial charge >= 0.3 is 0 Å². The first-order chi connectivity index (χ1) is 12.4. The fraction of sp³-hybridized carbons (Fsp3) is 0.188. The Hall–Kier alpha value is -2.85. The Bertz CT molecular complexity index is 1080. The van der Waals surface area contributed by atoms with Crippen molar-refractivity contribution < 1.29 is 12.8 Å². The lowest BCUT2D eigenvalue weighted by Gasteiger charge is -2.09. The Balaban J connectivity index is 1.72. The summed E-state index contributed by atoms with van der Waals surface area (Å²) in [6, 6.07) is 8.12. The van der Waals surface area contributed by atoms with Gasteiger partial charge in [-0.1, -0.05) is 0 Å². The number of halogens is 1. The molecule has 136 valence electrons. The number of nitrogens with zero attached hydrogens (tertiary/aromatic N) is 4. The Morgan fingerprint density at radius 1 is 1.23 bits per heavy atom. The highest BCUT2D eigenvalue weighted by molar-refractivity contribution is 7.89. The number of sulfonamides is 1. The molecule has 1 N–H and O–H groups in total. The number of nitrogens with one attached hydrogen (secondary N) is 1. The summed E-state index contributed by atoms with van der Waals surface area (Å²) in [5.74, 6) is -0.0400. The SMILES string of the molecule is Cc1cc(S(=O)(=O)NCCn2nc(-n3cccn3)ccc2=O)ccc1F. The summed E-state index contributed by atoms with van der Waals surface area (Å²) in [7, 11) is -3.81. The Labute approximate surface area is 149 Å². The van der Waals surface area contributed by atoms with Crippen molar-refractivity contribution in [2.24, 2.45) is 0 Å². The molecule has 8 nitrogen and oxygen atoms in total. The molecule has 0 saturated heterocycles. The van der Waals surface area contributed by atoms with Gasteiger partial charge in [-0.15, -0.1) is 5.10 Å². The molecule has 0 spiro atoms. The average Bonchev–Trinajstić information content (AvgIpc) is 3.13. The smallest absolute Gasteiger partial charge is 0.266 e. The Morgan fingerprint density at radius 3 is 2.73 bits per heavy atom. The first-order valence-electron chi connectivity index (χ1n) is 7.71. The van der Waals surface area contributed by atoms with Gasteiger partial charge in [0.15, 0.2) is 5.82 Å². The summed E-state index contributed by atoms with van der Waals surface area (Å²) in [4.78, 5) is 11.9. The molecule has 0 amide bonds. The second-order valence-electron chi connectivity index (χ2n) is 5.51. The van der Waals surface area contributed by atoms with Crippen molar-refractivity contribution in [3.63, 3.8) is 0 Å². The monoisotopic (exact) mass is 377 g/mol. The molecule has 0 saturated carbocycles. The van der Waals surface area contributed by atoms with E-state index in [0.717, 1.165) is 10.7 Å². The molecular formula is C16H16FN5O3S. The van der Waals surface area contributed by atoms with E-state index in [4.69, 9.17) is 0 Å². The summed E-state index contributed by atoms with van der Waals surface area (Å²) in [5, 5.41) is 8.18. The number of benzene rings is 1. The van der Waals surface area contributed by atoms with Crippen LogP contribution in [0, 0.1) is 12.7 Å². The number of rotatable bonds is 6. The predicted octanol–water partition coefficient (Wildman–Crippen LogP) is 0.855. The summed E-state index contributed by atoms with van der Waals surface area (Å²) in [6.07, 6.45) is 3.26. The highest BCUT2D eigenvalue weighted by Gasteiger charge is 2.15. The minimum atomic E-state index is -3.81. The highest BCUT2D eigenvalue weighted by Crippen LogP contribution is 2.13. The predicted molar refractivity (Wildman–Crippen MR) is 91.9 cm³/mol. The van der Waals surface area contributed by atoms with E-state index in [1.807, 2.05) is 0 Å². The normalized spacial score (nSPS) is 11.6. The molecule has 0 bridgehead atoms. The van der Waals surface area contributed by atoms with E-state index in [9.17, 15) is 17.6 Å². The Morgan fingerprint density at radius 2 is 2.04 bits per heavy atom. The van der Waals surface area contributed by atoms with E-state index in [1.54, 1.807) is 18.5 Å². The van der Waals surface area contributed by atoms with Crippen LogP contribution in [0.25, 0.3) is 5.82 Å². The van der Waals surface area contributed by atoms with Gasteiger partial charge in [-0.2, -0.15) is 5.10 Å². The molecule has 10 heteroatoms. The van der Waals surface area contributed by atoms with Gasteiger partial charge in [0.25, 0.3) is 5.56 Å². The van der Waals surface area contributed by atoms with Crippen molar-refractivity contribution in [2.75, 3.05) is 6.54 Å². The zero-order valence-corrected chi connectivity index (χ0v) is 14.6. The van der Waals surface area contributed by atoms with E-state index < -0.39 is 15.8 Å². The largest absolute Gasteiger partial charge is 0.268 e. The molecule has 3 aromatic rings. The molecule has 2 aromatic heterocycles. The average molecular weight is 377 g/mol. The third-order valence-electron chi connectivity index (χ3n) is 3.65. The van der Waals surface area contributed by atoms with Crippen LogP contribution in [0.1, 0.15) is 5.56 Å². The van der Waals surface area contributed by atoms with Gasteiger partial charge in [0.2, 0.25) is 10.0 Å². The van der Waals surface area contributed by atoms with Crippen LogP contribution < -0.4 is 10.3 Å². The first kappa shape index (κ1) is 18.0. The molecular weight excluding hydrogens is 361 g/mol. The molecule has 26 heavy (non-hydrogen) atoms. The number of aryl methyl sites for hydroxylation is 1. The zero-order valence-electron chi connectivity index (χ0n) is 13.8. The molecule has 0 unspecified atom stereocenters. The van der Waals surface area contributed by atoms with Gasteiger partial charge in [-0.3, -0.25) is 4.79 Å². The molecule has 0 radical (unpaired) electrons. The summed E-state index contributed by atoms with van der Waals surface area (Å²) >= 11 is 0. The molecule has 1 aromatic carbocycles. The van der Waals surface area contributed by atoms with Gasteiger partial charge in [0.05, 0.1) is 11.4 Å². The van der Waals surface area contributed by atoms with Gasteiger partial charge in [-0.05, 0) is 42.8 Å². The van der Waals surface area contributed by atoms with Crippen LogP contribution in [-0.2, 0) is 16.6 Å². The molecule has 0 atom stereocenters. The van der Waals surface area contributed by atoms with Crippen molar-refractivity contribution in [2.45, 2.75) is 18.4 Å². The van der Waals surface area contributed by atoms with E-state index >= 15 is 0 Å². The summed E-state index contributed by atoms with van der Waals surface area (Å²) < 4.78 is 42.8. The van der Waals surface area contributed by atoms with E-state index in [0.29, 0.717) is 5.82 Å². The lowest BCUT2D eigenvalue weighted by atomic mass is 10.2. The summed E-state index contributed by atoms with van der Waals surface area (Å²) in [6.45, 7) is 1.47. The van der Waals surface area contributed by atoms with Crippen LogP contribution in [0.3, 0.4) is 0 Å². The van der Waals surface area contributed by atoms with Gasteiger partial charge in [0.1, 0.15) is 5.82 Å². The zero-order chi connectivity index (χ0) is 18.7. The lowest BCUT2D eigenvalue weighted by Crippen LogP contribution is -2.32. The molecule has 3 rings (SSSR count). The number of aromatic nitrogens is 4. The minimum Gasteiger partial charge on any atom is -0.268 e. The van der Waals surface area contributed by atoms with Gasteiger partial charge in [0, 0.05) is 25.0 Å². The number of hydrogen-bond donors (Lipinski definition) is 1. The van der Waals surface area contributed by atoms with E-state index in [-0.39, 0.29) is 29.1 Å². The fourth-order valence-electron chi connectivity index (χ4n) is 2.28. The Kier molecular flexibility index (Phi) is 4.96. The van der Waals surface area contributed by atoms with E-state index in [2.05, 4.69) is 14.9 Å². The fourth-order valence-corrected chi connectivity index (χ4v) is 3.38. The molecule has 0 aliphatic rings. The van der Waals surface area contributed by atoms with Crippen molar-refractivity contribution in [1.29, 1.82) is 0 Å². The van der Waals surface area contributed by atoms with Crippen LogP contribution in [0.4, 0.5) is 4.39 Å².